The molecule has 0 spiro atoms. The van der Waals surface area contributed by atoms with Gasteiger partial charge in [-0.3, -0.25) is 9.59 Å². The highest BCUT2D eigenvalue weighted by Gasteiger charge is 2.47. The van der Waals surface area contributed by atoms with Crippen LogP contribution < -0.4 is 5.32 Å². The number of nitrogens with one attached hydrogen (secondary N) is 1. The van der Waals surface area contributed by atoms with E-state index in [0.717, 1.165) is 13.8 Å². The van der Waals surface area contributed by atoms with Crippen LogP contribution in [0.5, 0.6) is 0 Å². The molecule has 0 aliphatic carbocycles. The molecule has 1 aliphatic heterocycles. The van der Waals surface area contributed by atoms with E-state index in [-0.39, 0.29) is 13.2 Å². The van der Waals surface area contributed by atoms with Crippen molar-refractivity contribution >= 4 is 18.0 Å². The third kappa shape index (κ3) is 5.80. The first kappa shape index (κ1) is 19.9. The molecule has 136 valence electrons. The van der Waals surface area contributed by atoms with Crippen LogP contribution in [0.25, 0.3) is 0 Å². The number of carbonyl (C=O) groups is 3. The van der Waals surface area contributed by atoms with E-state index in [1.165, 1.54) is 6.08 Å². The summed E-state index contributed by atoms with van der Waals surface area (Å²) in [5, 5.41) is 22.5. The van der Waals surface area contributed by atoms with Crippen LogP contribution in [-0.4, -0.2) is 72.1 Å². The summed E-state index contributed by atoms with van der Waals surface area (Å²) < 4.78 is 19.6. The predicted molar refractivity (Wildman–Crippen MR) is 77.5 cm³/mol. The number of hydrogen-bond donors (Lipinski definition) is 3. The molecular formula is C14H21NO9. The Hall–Kier alpha value is -2.17. The molecule has 1 heterocycles. The van der Waals surface area contributed by atoms with Crippen LogP contribution in [0.3, 0.4) is 0 Å². The van der Waals surface area contributed by atoms with Crippen LogP contribution in [0, 0.1) is 0 Å². The van der Waals surface area contributed by atoms with E-state index in [0.29, 0.717) is 0 Å². The second-order valence-corrected chi connectivity index (χ2v) is 4.99. The summed E-state index contributed by atoms with van der Waals surface area (Å²) in [7, 11) is 0. The number of amides is 1. The molecule has 10 heteroatoms. The Balaban J connectivity index is 2.82. The van der Waals surface area contributed by atoms with Crippen molar-refractivity contribution in [3.63, 3.8) is 0 Å². The number of alkyl carbamates (subject to hydrolysis) is 1. The molecule has 1 amide bonds. The van der Waals surface area contributed by atoms with E-state index in [9.17, 15) is 24.6 Å². The number of esters is 2. The molecule has 3 unspecified atom stereocenters. The summed E-state index contributed by atoms with van der Waals surface area (Å²) in [5.41, 5.74) is 0. The molecule has 0 radical (unpaired) electrons. The van der Waals surface area contributed by atoms with Gasteiger partial charge < -0.3 is 34.5 Å². The Kier molecular flexibility index (Phi) is 7.62. The fourth-order valence-corrected chi connectivity index (χ4v) is 2.07. The zero-order valence-corrected chi connectivity index (χ0v) is 13.3. The quantitative estimate of drug-likeness (QED) is 0.308. The molecule has 5 atom stereocenters. The lowest BCUT2D eigenvalue weighted by Crippen LogP contribution is -2.65. The van der Waals surface area contributed by atoms with Gasteiger partial charge in [0.2, 0.25) is 0 Å². The minimum absolute atomic E-state index is 0.0753. The van der Waals surface area contributed by atoms with Gasteiger partial charge in [-0.1, -0.05) is 12.7 Å². The van der Waals surface area contributed by atoms with Crippen LogP contribution >= 0.6 is 0 Å². The van der Waals surface area contributed by atoms with Crippen LogP contribution in [0.1, 0.15) is 13.8 Å². The van der Waals surface area contributed by atoms with E-state index in [1.54, 1.807) is 0 Å². The van der Waals surface area contributed by atoms with Crippen molar-refractivity contribution in [2.75, 3.05) is 13.2 Å². The third-order valence-corrected chi connectivity index (χ3v) is 3.06. The average Bonchev–Trinajstić information content (AvgIpc) is 2.50. The van der Waals surface area contributed by atoms with E-state index < -0.39 is 48.7 Å². The Morgan fingerprint density at radius 1 is 1.21 bits per heavy atom. The van der Waals surface area contributed by atoms with Gasteiger partial charge in [-0.2, -0.15) is 0 Å². The lowest BCUT2D eigenvalue weighted by atomic mass is 9.97. The number of aliphatic hydroxyl groups is 2. The summed E-state index contributed by atoms with van der Waals surface area (Å²) in [6, 6.07) is -1.32. The highest BCUT2D eigenvalue weighted by atomic mass is 16.7. The fraction of sp³-hybridized carbons (Fsp3) is 0.643. The van der Waals surface area contributed by atoms with Crippen molar-refractivity contribution < 1.29 is 43.5 Å². The molecule has 0 bridgehead atoms. The molecule has 0 aromatic rings. The Labute approximate surface area is 138 Å². The molecule has 1 fully saturated rings. The fourth-order valence-electron chi connectivity index (χ4n) is 2.07. The second-order valence-electron chi connectivity index (χ2n) is 4.99. The molecular weight excluding hydrogens is 326 g/mol. The minimum Gasteiger partial charge on any atom is -0.463 e. The smallest absolute Gasteiger partial charge is 0.407 e. The molecule has 24 heavy (non-hydrogen) atoms. The first-order chi connectivity index (χ1) is 11.3. The zero-order valence-electron chi connectivity index (χ0n) is 13.3. The van der Waals surface area contributed by atoms with E-state index in [1.807, 2.05) is 0 Å². The predicted octanol–water partition coefficient (Wildman–Crippen LogP) is -1.16. The van der Waals surface area contributed by atoms with Gasteiger partial charge in [0.25, 0.3) is 0 Å². The highest BCUT2D eigenvalue weighted by Crippen LogP contribution is 2.23. The summed E-state index contributed by atoms with van der Waals surface area (Å²) in [4.78, 5) is 33.7. The Bertz CT molecular complexity index is 481. The van der Waals surface area contributed by atoms with E-state index >= 15 is 0 Å². The topological polar surface area (TPSA) is 141 Å². The van der Waals surface area contributed by atoms with Gasteiger partial charge in [-0.05, 0) is 0 Å². The van der Waals surface area contributed by atoms with Crippen LogP contribution in [0.4, 0.5) is 4.79 Å². The molecule has 1 saturated heterocycles. The maximum Gasteiger partial charge on any atom is 0.407 e. The number of hydrogen-bond acceptors (Lipinski definition) is 9. The standard InChI is InChI=1S/C14H21NO9/c1-4-5-21-14(20)15-10-11(18)12(23-8(3)17)9(24-13(10)19)6-22-7(2)16/h4,9-13,18-19H,1,5-6H2,2-3H3,(H,15,20)/t9-,10?,11?,12-,13?/m0/s1. The van der Waals surface area contributed by atoms with Gasteiger partial charge in [0, 0.05) is 13.8 Å². The van der Waals surface area contributed by atoms with Crippen molar-refractivity contribution in [2.24, 2.45) is 0 Å². The van der Waals surface area contributed by atoms with Gasteiger partial charge in [0.15, 0.2) is 12.4 Å². The molecule has 3 N–H and O–H groups in total. The Morgan fingerprint density at radius 3 is 2.42 bits per heavy atom. The summed E-state index contributed by atoms with van der Waals surface area (Å²) in [6.07, 6.45) is -5.12. The molecule has 0 aromatic carbocycles. The van der Waals surface area contributed by atoms with Crippen molar-refractivity contribution in [1.82, 2.24) is 5.32 Å². The van der Waals surface area contributed by atoms with Gasteiger partial charge >= 0.3 is 18.0 Å². The van der Waals surface area contributed by atoms with Crippen molar-refractivity contribution in [1.29, 1.82) is 0 Å². The van der Waals surface area contributed by atoms with Crippen LogP contribution in [0.15, 0.2) is 12.7 Å². The van der Waals surface area contributed by atoms with Crippen molar-refractivity contribution in [3.8, 4) is 0 Å². The molecule has 10 nitrogen and oxygen atoms in total. The number of aliphatic hydroxyl groups excluding tert-OH is 2. The number of rotatable bonds is 6. The monoisotopic (exact) mass is 347 g/mol. The van der Waals surface area contributed by atoms with E-state index in [4.69, 9.17) is 14.2 Å². The van der Waals surface area contributed by atoms with Crippen LogP contribution in [-0.2, 0) is 28.5 Å². The normalized spacial score (nSPS) is 29.2. The minimum atomic E-state index is -1.64. The lowest BCUT2D eigenvalue weighted by Gasteiger charge is -2.41. The molecule has 0 aromatic heterocycles. The first-order valence-electron chi connectivity index (χ1n) is 7.12. The first-order valence-corrected chi connectivity index (χ1v) is 7.12. The SMILES string of the molecule is C=CCOC(=O)NC1C(O)O[C@@H](COC(C)=O)[C@H](OC(C)=O)C1O. The van der Waals surface area contributed by atoms with Gasteiger partial charge in [0.1, 0.15) is 31.5 Å². The molecule has 1 rings (SSSR count). The van der Waals surface area contributed by atoms with Gasteiger partial charge in [-0.15, -0.1) is 0 Å². The third-order valence-electron chi connectivity index (χ3n) is 3.06. The van der Waals surface area contributed by atoms with Crippen molar-refractivity contribution in [2.45, 2.75) is 44.5 Å². The molecule has 1 aliphatic rings. The van der Waals surface area contributed by atoms with Gasteiger partial charge in [0.05, 0.1) is 0 Å². The number of ether oxygens (including phenoxy) is 4. The lowest BCUT2D eigenvalue weighted by molar-refractivity contribution is -0.260. The van der Waals surface area contributed by atoms with E-state index in [2.05, 4.69) is 16.6 Å². The Morgan fingerprint density at radius 2 is 1.88 bits per heavy atom. The summed E-state index contributed by atoms with van der Waals surface area (Å²) in [5.74, 6) is -1.34. The maximum absolute atomic E-state index is 11.6. The highest BCUT2D eigenvalue weighted by molar-refractivity contribution is 5.68. The summed E-state index contributed by atoms with van der Waals surface area (Å²) in [6.45, 7) is 5.22. The van der Waals surface area contributed by atoms with Crippen molar-refractivity contribution in [3.05, 3.63) is 12.7 Å². The second kappa shape index (κ2) is 9.21. The van der Waals surface area contributed by atoms with Gasteiger partial charge in [-0.25, -0.2) is 4.79 Å². The average molecular weight is 347 g/mol. The maximum atomic E-state index is 11.6. The largest absolute Gasteiger partial charge is 0.463 e. The zero-order chi connectivity index (χ0) is 18.3. The number of carbonyl (C=O) groups excluding carboxylic acids is 3. The summed E-state index contributed by atoms with van der Waals surface area (Å²) >= 11 is 0. The van der Waals surface area contributed by atoms with Crippen LogP contribution in [0.2, 0.25) is 0 Å². The molecule has 0 saturated carbocycles.